The Hall–Kier alpha value is -2.81. The van der Waals surface area contributed by atoms with Crippen molar-refractivity contribution in [2.45, 2.75) is 38.1 Å². The van der Waals surface area contributed by atoms with Crippen LogP contribution in [0.2, 0.25) is 10.0 Å². The molecule has 1 fully saturated rings. The van der Waals surface area contributed by atoms with Crippen molar-refractivity contribution in [3.8, 4) is 11.3 Å². The molecule has 0 atom stereocenters. The maximum atomic E-state index is 13.1. The predicted octanol–water partition coefficient (Wildman–Crippen LogP) is 6.70. The fourth-order valence-electron chi connectivity index (χ4n) is 3.58. The summed E-state index contributed by atoms with van der Waals surface area (Å²) in [6.45, 7) is 0. The summed E-state index contributed by atoms with van der Waals surface area (Å²) in [6.07, 6.45) is 5.22. The molecule has 0 aliphatic heterocycles. The monoisotopic (exact) mass is 503 g/mol. The van der Waals surface area contributed by atoms with Gasteiger partial charge in [-0.3, -0.25) is 0 Å². The largest absolute Gasteiger partial charge is 0.347 e. The number of urea groups is 2. The van der Waals surface area contributed by atoms with Crippen molar-refractivity contribution in [1.82, 2.24) is 15.7 Å². The Bertz CT molecular complexity index is 1100. The molecule has 3 N–H and O–H groups in total. The van der Waals surface area contributed by atoms with Crippen LogP contribution in [0.5, 0.6) is 0 Å². The number of halogens is 2. The van der Waals surface area contributed by atoms with E-state index in [1.165, 1.54) is 17.8 Å². The third-order valence-corrected chi connectivity index (χ3v) is 6.61. The van der Waals surface area contributed by atoms with Crippen molar-refractivity contribution in [3.63, 3.8) is 0 Å². The predicted molar refractivity (Wildman–Crippen MR) is 134 cm³/mol. The van der Waals surface area contributed by atoms with Crippen LogP contribution in [-0.4, -0.2) is 23.1 Å². The third-order valence-electron chi connectivity index (χ3n) is 5.28. The number of thiazole rings is 1. The third kappa shape index (κ3) is 6.37. The smallest absolute Gasteiger partial charge is 0.334 e. The summed E-state index contributed by atoms with van der Waals surface area (Å²) in [5, 5.41) is 10.2. The van der Waals surface area contributed by atoms with Gasteiger partial charge in [-0.25, -0.2) is 20.0 Å². The van der Waals surface area contributed by atoms with E-state index in [1.807, 2.05) is 17.5 Å². The average Bonchev–Trinajstić information content (AvgIpc) is 3.30. The van der Waals surface area contributed by atoms with E-state index >= 15 is 0 Å². The molecule has 1 aromatic heterocycles. The van der Waals surface area contributed by atoms with Crippen molar-refractivity contribution in [1.29, 1.82) is 0 Å². The Morgan fingerprint density at radius 1 is 0.939 bits per heavy atom. The number of hydrogen-bond acceptors (Lipinski definition) is 4. The number of anilines is 2. The average molecular weight is 504 g/mol. The first-order chi connectivity index (χ1) is 16.0. The highest BCUT2D eigenvalue weighted by molar-refractivity contribution is 7.14. The quantitative estimate of drug-likeness (QED) is 0.346. The van der Waals surface area contributed by atoms with E-state index in [0.29, 0.717) is 26.6 Å². The molecule has 7 nitrogen and oxygen atoms in total. The van der Waals surface area contributed by atoms with E-state index in [-0.39, 0.29) is 6.04 Å². The van der Waals surface area contributed by atoms with Crippen LogP contribution in [0.4, 0.5) is 20.4 Å². The van der Waals surface area contributed by atoms with Gasteiger partial charge in [0, 0.05) is 32.7 Å². The summed E-state index contributed by atoms with van der Waals surface area (Å²) < 4.78 is 0. The van der Waals surface area contributed by atoms with Crippen LogP contribution in [0.3, 0.4) is 0 Å². The van der Waals surface area contributed by atoms with Gasteiger partial charge in [-0.15, -0.1) is 11.3 Å². The summed E-state index contributed by atoms with van der Waals surface area (Å²) in [4.78, 5) is 30.4. The lowest BCUT2D eigenvalue weighted by molar-refractivity contribution is 0.228. The fraction of sp³-hybridized carbons (Fsp3) is 0.261. The summed E-state index contributed by atoms with van der Waals surface area (Å²) in [7, 11) is 0. The minimum atomic E-state index is -0.548. The zero-order chi connectivity index (χ0) is 23.2. The van der Waals surface area contributed by atoms with Crippen LogP contribution < -0.4 is 21.1 Å². The Morgan fingerprint density at radius 3 is 2.24 bits per heavy atom. The molecular formula is C23H23Cl2N5O2S. The molecular weight excluding hydrogens is 481 g/mol. The van der Waals surface area contributed by atoms with Crippen LogP contribution in [0, 0.1) is 0 Å². The van der Waals surface area contributed by atoms with Crippen LogP contribution >= 0.6 is 34.5 Å². The van der Waals surface area contributed by atoms with Gasteiger partial charge < -0.3 is 10.6 Å². The summed E-state index contributed by atoms with van der Waals surface area (Å²) in [5.41, 5.74) is 4.72. The summed E-state index contributed by atoms with van der Waals surface area (Å²) in [5.74, 6) is 0. The highest BCUT2D eigenvalue weighted by Gasteiger charge is 2.24. The molecule has 1 aliphatic rings. The van der Waals surface area contributed by atoms with Crippen LogP contribution in [0.1, 0.15) is 32.1 Å². The highest BCUT2D eigenvalue weighted by Crippen LogP contribution is 2.28. The van der Waals surface area contributed by atoms with E-state index in [0.717, 1.165) is 36.3 Å². The molecule has 172 valence electrons. The van der Waals surface area contributed by atoms with Gasteiger partial charge in [-0.1, -0.05) is 54.6 Å². The van der Waals surface area contributed by atoms with Gasteiger partial charge >= 0.3 is 12.1 Å². The molecule has 0 radical (unpaired) electrons. The van der Waals surface area contributed by atoms with E-state index in [9.17, 15) is 9.59 Å². The molecule has 0 bridgehead atoms. The number of aromatic nitrogens is 1. The number of benzene rings is 2. The molecule has 0 spiro atoms. The molecule has 10 heteroatoms. The van der Waals surface area contributed by atoms with Crippen molar-refractivity contribution < 1.29 is 9.59 Å². The van der Waals surface area contributed by atoms with Gasteiger partial charge in [0.15, 0.2) is 0 Å². The molecule has 4 amide bonds. The van der Waals surface area contributed by atoms with Crippen molar-refractivity contribution in [2.24, 2.45) is 0 Å². The lowest BCUT2D eigenvalue weighted by Gasteiger charge is -2.26. The second kappa shape index (κ2) is 10.9. The SMILES string of the molecule is O=C(NC1CCCCC1)NN(C(=O)Nc1ccc(Cl)cc1)c1nc(-c2ccc(Cl)cc2)cs1. The number of amides is 4. The highest BCUT2D eigenvalue weighted by atomic mass is 35.5. The Labute approximate surface area is 206 Å². The standard InChI is InChI=1S/C23H23Cl2N5O2S/c24-16-8-6-15(7-9-16)20-14-33-23(28-20)30(22(32)27-19-12-10-17(25)11-13-19)29-21(31)26-18-4-2-1-3-5-18/h6-14,18H,1-5H2,(H,27,32)(H2,26,29,31). The fourth-order valence-corrected chi connectivity index (χ4v) is 4.63. The molecule has 3 aromatic rings. The molecule has 0 unspecified atom stereocenters. The molecule has 0 saturated heterocycles. The molecule has 2 aromatic carbocycles. The number of rotatable bonds is 4. The first kappa shape index (κ1) is 23.4. The number of hydrogen-bond donors (Lipinski definition) is 3. The minimum Gasteiger partial charge on any atom is -0.334 e. The summed E-state index contributed by atoms with van der Waals surface area (Å²) in [6, 6.07) is 13.1. The number of nitrogens with zero attached hydrogens (tertiary/aromatic N) is 2. The first-order valence-electron chi connectivity index (χ1n) is 10.6. The van der Waals surface area contributed by atoms with Crippen LogP contribution in [-0.2, 0) is 0 Å². The zero-order valence-electron chi connectivity index (χ0n) is 17.7. The topological polar surface area (TPSA) is 86.4 Å². The maximum absolute atomic E-state index is 13.1. The van der Waals surface area contributed by atoms with Crippen LogP contribution in [0.25, 0.3) is 11.3 Å². The molecule has 1 saturated carbocycles. The molecule has 1 heterocycles. The minimum absolute atomic E-state index is 0.0980. The Morgan fingerprint density at radius 2 is 1.58 bits per heavy atom. The van der Waals surface area contributed by atoms with Crippen LogP contribution in [0.15, 0.2) is 53.9 Å². The Kier molecular flexibility index (Phi) is 7.69. The van der Waals surface area contributed by atoms with E-state index in [4.69, 9.17) is 23.2 Å². The lowest BCUT2D eigenvalue weighted by Crippen LogP contribution is -2.54. The van der Waals surface area contributed by atoms with Gasteiger partial charge in [0.2, 0.25) is 5.13 Å². The van der Waals surface area contributed by atoms with E-state index in [1.54, 1.807) is 36.4 Å². The molecule has 4 rings (SSSR count). The van der Waals surface area contributed by atoms with Crippen molar-refractivity contribution in [2.75, 3.05) is 10.3 Å². The maximum Gasteiger partial charge on any atom is 0.347 e. The number of hydrazine groups is 1. The molecule has 33 heavy (non-hydrogen) atoms. The van der Waals surface area contributed by atoms with Gasteiger partial charge in [0.1, 0.15) is 0 Å². The number of nitrogens with one attached hydrogen (secondary N) is 3. The van der Waals surface area contributed by atoms with E-state index in [2.05, 4.69) is 21.0 Å². The molecule has 1 aliphatic carbocycles. The van der Waals surface area contributed by atoms with Crippen molar-refractivity contribution in [3.05, 3.63) is 64.0 Å². The Balaban J connectivity index is 1.53. The van der Waals surface area contributed by atoms with Gasteiger partial charge in [-0.05, 0) is 49.2 Å². The lowest BCUT2D eigenvalue weighted by atomic mass is 9.96. The number of carbonyl (C=O) groups excluding carboxylic acids is 2. The first-order valence-corrected chi connectivity index (χ1v) is 12.3. The van der Waals surface area contributed by atoms with Gasteiger partial charge in [-0.2, -0.15) is 5.01 Å². The normalized spacial score (nSPS) is 13.9. The van der Waals surface area contributed by atoms with Crippen molar-refractivity contribution >= 4 is 57.4 Å². The summed E-state index contributed by atoms with van der Waals surface area (Å²) >= 11 is 13.2. The second-order valence-electron chi connectivity index (χ2n) is 7.71. The zero-order valence-corrected chi connectivity index (χ0v) is 20.0. The van der Waals surface area contributed by atoms with E-state index < -0.39 is 12.1 Å². The second-order valence-corrected chi connectivity index (χ2v) is 9.42. The van der Waals surface area contributed by atoms with Gasteiger partial charge in [0.25, 0.3) is 0 Å². The number of carbonyl (C=O) groups is 2. The van der Waals surface area contributed by atoms with Gasteiger partial charge in [0.05, 0.1) is 5.69 Å².